The van der Waals surface area contributed by atoms with Crippen LogP contribution in [0.4, 0.5) is 5.69 Å². The first-order chi connectivity index (χ1) is 7.65. The molecule has 0 aliphatic carbocycles. The number of aromatic nitrogens is 1. The molecule has 0 saturated heterocycles. The van der Waals surface area contributed by atoms with Gasteiger partial charge in [0.05, 0.1) is 5.69 Å². The number of aryl methyl sites for hydroxylation is 2. The number of hydrogen-bond acceptors (Lipinski definition) is 1. The number of halogens is 1. The van der Waals surface area contributed by atoms with Crippen LogP contribution in [0.2, 0.25) is 5.02 Å². The number of hydrogen-bond donors (Lipinski definition) is 0. The number of aliphatic imine (C=N–C) groups is 1. The third-order valence-electron chi connectivity index (χ3n) is 2.38. The van der Waals surface area contributed by atoms with Crippen molar-refractivity contribution in [3.05, 3.63) is 52.8 Å². The Morgan fingerprint density at radius 1 is 1.31 bits per heavy atom. The maximum Gasteiger partial charge on any atom is 0.0673 e. The van der Waals surface area contributed by atoms with Gasteiger partial charge in [-0.3, -0.25) is 4.99 Å². The minimum atomic E-state index is 0.714. The van der Waals surface area contributed by atoms with E-state index in [1.54, 1.807) is 0 Å². The second kappa shape index (κ2) is 4.54. The molecule has 0 atom stereocenters. The third-order valence-corrected chi connectivity index (χ3v) is 2.61. The lowest BCUT2D eigenvalue weighted by atomic mass is 10.2. The molecule has 0 N–H and O–H groups in total. The summed E-state index contributed by atoms with van der Waals surface area (Å²) in [7, 11) is 1.99. The zero-order valence-corrected chi connectivity index (χ0v) is 10.1. The van der Waals surface area contributed by atoms with E-state index in [9.17, 15) is 0 Å². The van der Waals surface area contributed by atoms with Crippen LogP contribution in [-0.2, 0) is 7.05 Å². The van der Waals surface area contributed by atoms with Crippen LogP contribution < -0.4 is 0 Å². The van der Waals surface area contributed by atoms with Crippen LogP contribution in [0.3, 0.4) is 0 Å². The summed E-state index contributed by atoms with van der Waals surface area (Å²) in [6.45, 7) is 2.02. The Morgan fingerprint density at radius 2 is 2.12 bits per heavy atom. The molecular weight excluding hydrogens is 220 g/mol. The van der Waals surface area contributed by atoms with E-state index in [4.69, 9.17) is 11.6 Å². The Kier molecular flexibility index (Phi) is 3.11. The summed E-state index contributed by atoms with van der Waals surface area (Å²) in [6.07, 6.45) is 5.86. The average molecular weight is 233 g/mol. The molecule has 0 unspecified atom stereocenters. The van der Waals surface area contributed by atoms with E-state index >= 15 is 0 Å². The Hall–Kier alpha value is -1.54. The van der Waals surface area contributed by atoms with Gasteiger partial charge in [0.15, 0.2) is 0 Å². The number of rotatable bonds is 2. The van der Waals surface area contributed by atoms with E-state index in [2.05, 4.69) is 4.99 Å². The summed E-state index contributed by atoms with van der Waals surface area (Å²) in [5.74, 6) is 0. The molecule has 0 saturated carbocycles. The van der Waals surface area contributed by atoms with E-state index in [1.165, 1.54) is 0 Å². The molecule has 1 heterocycles. The molecule has 0 fully saturated rings. The van der Waals surface area contributed by atoms with Crippen LogP contribution in [0.5, 0.6) is 0 Å². The summed E-state index contributed by atoms with van der Waals surface area (Å²) in [5.41, 5.74) is 3.12. The number of benzene rings is 1. The lowest BCUT2D eigenvalue weighted by Crippen LogP contribution is -1.81. The first kappa shape index (κ1) is 11.0. The summed E-state index contributed by atoms with van der Waals surface area (Å²) < 4.78 is 1.99. The lowest BCUT2D eigenvalue weighted by molar-refractivity contribution is 0.927. The van der Waals surface area contributed by atoms with Crippen LogP contribution in [-0.4, -0.2) is 10.8 Å². The topological polar surface area (TPSA) is 17.3 Å². The van der Waals surface area contributed by atoms with Crippen LogP contribution >= 0.6 is 11.6 Å². The highest BCUT2D eigenvalue weighted by atomic mass is 35.5. The maximum absolute atomic E-state index is 5.92. The van der Waals surface area contributed by atoms with Gasteiger partial charge in [0.2, 0.25) is 0 Å². The van der Waals surface area contributed by atoms with Crippen molar-refractivity contribution >= 4 is 23.5 Å². The van der Waals surface area contributed by atoms with E-state index < -0.39 is 0 Å². The van der Waals surface area contributed by atoms with Crippen LogP contribution in [0.15, 0.2) is 41.7 Å². The minimum Gasteiger partial charge on any atom is -0.357 e. The molecule has 1 aromatic carbocycles. The van der Waals surface area contributed by atoms with Crippen molar-refractivity contribution in [2.45, 2.75) is 6.92 Å². The van der Waals surface area contributed by atoms with Gasteiger partial charge in [-0.1, -0.05) is 17.7 Å². The highest BCUT2D eigenvalue weighted by Gasteiger charge is 1.97. The lowest BCUT2D eigenvalue weighted by Gasteiger charge is -1.99. The molecule has 0 spiro atoms. The van der Waals surface area contributed by atoms with E-state index in [-0.39, 0.29) is 0 Å². The first-order valence-corrected chi connectivity index (χ1v) is 5.45. The molecule has 3 heteroatoms. The Labute approximate surface area is 100 Å². The molecule has 0 bridgehead atoms. The molecule has 0 amide bonds. The van der Waals surface area contributed by atoms with Crippen molar-refractivity contribution in [3.63, 3.8) is 0 Å². The van der Waals surface area contributed by atoms with Gasteiger partial charge in [-0.2, -0.15) is 0 Å². The van der Waals surface area contributed by atoms with Crippen LogP contribution in [0.25, 0.3) is 0 Å². The van der Waals surface area contributed by atoms with Crippen molar-refractivity contribution in [2.75, 3.05) is 0 Å². The van der Waals surface area contributed by atoms with Gasteiger partial charge < -0.3 is 4.57 Å². The number of nitrogens with zero attached hydrogens (tertiary/aromatic N) is 2. The standard InChI is InChI=1S/C13H13ClN2/c1-10-3-4-12(14)7-13(10)15-8-11-5-6-16(2)9-11/h3-9H,1-2H3. The third kappa shape index (κ3) is 2.52. The smallest absolute Gasteiger partial charge is 0.0673 e. The van der Waals surface area contributed by atoms with E-state index in [0.29, 0.717) is 5.02 Å². The van der Waals surface area contributed by atoms with Crippen molar-refractivity contribution in [3.8, 4) is 0 Å². The molecule has 2 nitrogen and oxygen atoms in total. The van der Waals surface area contributed by atoms with Gasteiger partial charge in [-0.15, -0.1) is 0 Å². The molecule has 0 radical (unpaired) electrons. The minimum absolute atomic E-state index is 0.714. The predicted molar refractivity (Wildman–Crippen MR) is 68.9 cm³/mol. The van der Waals surface area contributed by atoms with Crippen LogP contribution in [0, 0.1) is 6.92 Å². The van der Waals surface area contributed by atoms with Gasteiger partial charge in [-0.05, 0) is 30.7 Å². The zero-order valence-electron chi connectivity index (χ0n) is 9.31. The predicted octanol–water partition coefficient (Wildman–Crippen LogP) is 3.74. The average Bonchev–Trinajstić information content (AvgIpc) is 2.66. The van der Waals surface area contributed by atoms with Gasteiger partial charge in [0.1, 0.15) is 0 Å². The molecule has 82 valence electrons. The highest BCUT2D eigenvalue weighted by molar-refractivity contribution is 6.30. The Bertz CT molecular complexity index is 526. The van der Waals surface area contributed by atoms with Crippen molar-refractivity contribution in [2.24, 2.45) is 12.0 Å². The fraction of sp³-hybridized carbons (Fsp3) is 0.154. The largest absolute Gasteiger partial charge is 0.357 e. The molecule has 1 aromatic heterocycles. The summed E-state index contributed by atoms with van der Waals surface area (Å²) in [5, 5.41) is 0.714. The normalized spacial score (nSPS) is 11.2. The molecule has 2 aromatic rings. The summed E-state index contributed by atoms with van der Waals surface area (Å²) in [6, 6.07) is 7.73. The molecular formula is C13H13ClN2. The van der Waals surface area contributed by atoms with Gasteiger partial charge in [0, 0.05) is 36.2 Å². The molecule has 0 aliphatic rings. The fourth-order valence-electron chi connectivity index (χ4n) is 1.47. The molecule has 2 rings (SSSR count). The second-order valence-corrected chi connectivity index (χ2v) is 4.24. The Morgan fingerprint density at radius 3 is 2.81 bits per heavy atom. The Balaban J connectivity index is 2.26. The van der Waals surface area contributed by atoms with Crippen molar-refractivity contribution in [1.82, 2.24) is 4.57 Å². The highest BCUT2D eigenvalue weighted by Crippen LogP contribution is 2.22. The first-order valence-electron chi connectivity index (χ1n) is 5.07. The SMILES string of the molecule is Cc1ccc(Cl)cc1N=Cc1ccn(C)c1. The van der Waals surface area contributed by atoms with E-state index in [0.717, 1.165) is 16.8 Å². The quantitative estimate of drug-likeness (QED) is 0.702. The van der Waals surface area contributed by atoms with Crippen molar-refractivity contribution in [1.29, 1.82) is 0 Å². The molecule has 16 heavy (non-hydrogen) atoms. The van der Waals surface area contributed by atoms with Gasteiger partial charge in [0.25, 0.3) is 0 Å². The fourth-order valence-corrected chi connectivity index (χ4v) is 1.63. The van der Waals surface area contributed by atoms with Gasteiger partial charge >= 0.3 is 0 Å². The molecule has 0 aliphatic heterocycles. The summed E-state index contributed by atoms with van der Waals surface area (Å²) in [4.78, 5) is 4.43. The van der Waals surface area contributed by atoms with Gasteiger partial charge in [-0.25, -0.2) is 0 Å². The zero-order chi connectivity index (χ0) is 11.5. The van der Waals surface area contributed by atoms with Crippen LogP contribution in [0.1, 0.15) is 11.1 Å². The van der Waals surface area contributed by atoms with Crippen molar-refractivity contribution < 1.29 is 0 Å². The van der Waals surface area contributed by atoms with E-state index in [1.807, 2.05) is 61.4 Å². The summed E-state index contributed by atoms with van der Waals surface area (Å²) >= 11 is 5.92. The second-order valence-electron chi connectivity index (χ2n) is 3.80. The monoisotopic (exact) mass is 232 g/mol. The maximum atomic E-state index is 5.92.